The first-order valence-electron chi connectivity index (χ1n) is 9.47. The van der Waals surface area contributed by atoms with E-state index >= 15 is 0 Å². The van der Waals surface area contributed by atoms with E-state index in [-0.39, 0.29) is 11.9 Å². The molecule has 148 valence electrons. The summed E-state index contributed by atoms with van der Waals surface area (Å²) < 4.78 is 5.93. The van der Waals surface area contributed by atoms with E-state index in [2.05, 4.69) is 23.2 Å². The summed E-state index contributed by atoms with van der Waals surface area (Å²) in [5, 5.41) is 4.82. The Balaban J connectivity index is 1.89. The van der Waals surface area contributed by atoms with Crippen LogP contribution in [0.15, 0.2) is 40.8 Å². The lowest BCUT2D eigenvalue weighted by molar-refractivity contribution is 0.0906. The predicted molar refractivity (Wildman–Crippen MR) is 115 cm³/mol. The van der Waals surface area contributed by atoms with Crippen molar-refractivity contribution in [1.82, 2.24) is 10.2 Å². The maximum atomic E-state index is 13.1. The van der Waals surface area contributed by atoms with Gasteiger partial charge in [0.15, 0.2) is 5.76 Å². The number of furan rings is 1. The first kappa shape index (κ1) is 20.4. The third-order valence-corrected chi connectivity index (χ3v) is 5.45. The smallest absolute Gasteiger partial charge is 0.287 e. The van der Waals surface area contributed by atoms with Crippen LogP contribution in [0.2, 0.25) is 5.02 Å². The summed E-state index contributed by atoms with van der Waals surface area (Å²) in [6.45, 7) is 6.90. The molecule has 0 fully saturated rings. The number of amides is 1. The second-order valence-electron chi connectivity index (χ2n) is 7.66. The quantitative estimate of drug-likeness (QED) is 0.601. The Hall–Kier alpha value is -2.30. The van der Waals surface area contributed by atoms with Crippen molar-refractivity contribution in [3.63, 3.8) is 0 Å². The Bertz CT molecular complexity index is 990. The van der Waals surface area contributed by atoms with Crippen molar-refractivity contribution < 1.29 is 9.21 Å². The van der Waals surface area contributed by atoms with Gasteiger partial charge in [0.2, 0.25) is 0 Å². The van der Waals surface area contributed by atoms with Gasteiger partial charge in [0.05, 0.1) is 6.04 Å². The van der Waals surface area contributed by atoms with Crippen LogP contribution in [-0.2, 0) is 0 Å². The SMILES string of the molecule is Cc1cc2oc(C(=O)NC(CCN(C)C)c3ccc(Cl)cc3)c(C)c2cc1C. The number of rotatable bonds is 6. The van der Waals surface area contributed by atoms with Crippen LogP contribution in [0.3, 0.4) is 0 Å². The molecule has 0 saturated heterocycles. The monoisotopic (exact) mass is 398 g/mol. The number of halogens is 1. The molecule has 3 aromatic rings. The van der Waals surface area contributed by atoms with E-state index in [9.17, 15) is 4.79 Å². The molecule has 1 heterocycles. The Morgan fingerprint density at radius 1 is 1.11 bits per heavy atom. The molecule has 0 aliphatic carbocycles. The van der Waals surface area contributed by atoms with Crippen LogP contribution in [0.25, 0.3) is 11.0 Å². The highest BCUT2D eigenvalue weighted by molar-refractivity contribution is 6.30. The number of benzene rings is 2. The number of aryl methyl sites for hydroxylation is 3. The zero-order valence-electron chi connectivity index (χ0n) is 17.1. The van der Waals surface area contributed by atoms with Gasteiger partial charge in [0.1, 0.15) is 5.58 Å². The average molecular weight is 399 g/mol. The molecule has 1 aromatic heterocycles. The Morgan fingerprint density at radius 2 is 1.75 bits per heavy atom. The molecule has 4 nitrogen and oxygen atoms in total. The zero-order chi connectivity index (χ0) is 20.4. The van der Waals surface area contributed by atoms with Crippen LogP contribution >= 0.6 is 11.6 Å². The molecular formula is C23H27ClN2O2. The molecule has 3 rings (SSSR count). The molecule has 2 aromatic carbocycles. The molecule has 1 unspecified atom stereocenters. The van der Waals surface area contributed by atoms with E-state index in [1.807, 2.05) is 58.3 Å². The standard InChI is InChI=1S/C23H27ClN2O2/c1-14-12-19-16(3)22(28-21(19)13-15(14)2)23(27)25-20(10-11-26(4)5)17-6-8-18(24)9-7-17/h6-9,12-13,20H,10-11H2,1-5H3,(H,25,27). The molecule has 1 amide bonds. The van der Waals surface area contributed by atoms with Crippen molar-refractivity contribution in [3.8, 4) is 0 Å². The lowest BCUT2D eigenvalue weighted by atomic mass is 10.0. The number of carbonyl (C=O) groups is 1. The number of carbonyl (C=O) groups excluding carboxylic acids is 1. The molecule has 0 saturated carbocycles. The second kappa shape index (κ2) is 8.38. The van der Waals surface area contributed by atoms with Gasteiger partial charge in [-0.1, -0.05) is 23.7 Å². The third kappa shape index (κ3) is 4.40. The van der Waals surface area contributed by atoms with Crippen molar-refractivity contribution in [2.75, 3.05) is 20.6 Å². The maximum Gasteiger partial charge on any atom is 0.287 e. The predicted octanol–water partition coefficient (Wildman–Crippen LogP) is 5.43. The lowest BCUT2D eigenvalue weighted by Gasteiger charge is -2.21. The molecular weight excluding hydrogens is 372 g/mol. The topological polar surface area (TPSA) is 45.5 Å². The minimum absolute atomic E-state index is 0.122. The Kier molecular flexibility index (Phi) is 6.11. The minimum atomic E-state index is -0.192. The van der Waals surface area contributed by atoms with Gasteiger partial charge in [-0.05, 0) is 88.8 Å². The Morgan fingerprint density at radius 3 is 2.39 bits per heavy atom. The van der Waals surface area contributed by atoms with Gasteiger partial charge in [0, 0.05) is 16.0 Å². The second-order valence-corrected chi connectivity index (χ2v) is 8.09. The van der Waals surface area contributed by atoms with E-state index in [0.717, 1.165) is 40.6 Å². The molecule has 0 aliphatic rings. The molecule has 5 heteroatoms. The number of nitrogens with one attached hydrogen (secondary N) is 1. The van der Waals surface area contributed by atoms with Crippen LogP contribution < -0.4 is 5.32 Å². The Labute approximate surface area is 171 Å². The minimum Gasteiger partial charge on any atom is -0.451 e. The van der Waals surface area contributed by atoms with Gasteiger partial charge < -0.3 is 14.6 Å². The summed E-state index contributed by atoms with van der Waals surface area (Å²) >= 11 is 6.03. The molecule has 0 aliphatic heterocycles. The summed E-state index contributed by atoms with van der Waals surface area (Å²) in [6.07, 6.45) is 0.790. The van der Waals surface area contributed by atoms with Gasteiger partial charge in [0.25, 0.3) is 5.91 Å². The first-order valence-corrected chi connectivity index (χ1v) is 9.85. The largest absolute Gasteiger partial charge is 0.451 e. The summed E-state index contributed by atoms with van der Waals surface area (Å²) in [4.78, 5) is 15.2. The maximum absolute atomic E-state index is 13.1. The number of hydrogen-bond acceptors (Lipinski definition) is 3. The van der Waals surface area contributed by atoms with Gasteiger partial charge in [-0.15, -0.1) is 0 Å². The zero-order valence-corrected chi connectivity index (χ0v) is 17.9. The highest BCUT2D eigenvalue weighted by atomic mass is 35.5. The number of nitrogens with zero attached hydrogens (tertiary/aromatic N) is 1. The molecule has 0 spiro atoms. The van der Waals surface area contributed by atoms with E-state index in [4.69, 9.17) is 16.0 Å². The van der Waals surface area contributed by atoms with Crippen LogP contribution in [0.1, 0.15) is 45.3 Å². The van der Waals surface area contributed by atoms with Crippen molar-refractivity contribution in [2.24, 2.45) is 0 Å². The van der Waals surface area contributed by atoms with Crippen molar-refractivity contribution in [3.05, 3.63) is 69.4 Å². The van der Waals surface area contributed by atoms with Gasteiger partial charge in [-0.25, -0.2) is 0 Å². The van der Waals surface area contributed by atoms with Crippen LogP contribution in [0.5, 0.6) is 0 Å². The lowest BCUT2D eigenvalue weighted by Crippen LogP contribution is -2.31. The normalized spacial score (nSPS) is 12.5. The summed E-state index contributed by atoms with van der Waals surface area (Å²) in [7, 11) is 4.05. The molecule has 1 N–H and O–H groups in total. The molecule has 1 atom stereocenters. The van der Waals surface area contributed by atoms with Gasteiger partial charge >= 0.3 is 0 Å². The fourth-order valence-corrected chi connectivity index (χ4v) is 3.45. The van der Waals surface area contributed by atoms with Crippen LogP contribution in [-0.4, -0.2) is 31.4 Å². The summed E-state index contributed by atoms with van der Waals surface area (Å²) in [5.74, 6) is 0.187. The van der Waals surface area contributed by atoms with Crippen LogP contribution in [0.4, 0.5) is 0 Å². The van der Waals surface area contributed by atoms with Gasteiger partial charge in [-0.2, -0.15) is 0 Å². The molecule has 28 heavy (non-hydrogen) atoms. The number of hydrogen-bond donors (Lipinski definition) is 1. The summed E-state index contributed by atoms with van der Waals surface area (Å²) in [5.41, 5.74) is 4.99. The highest BCUT2D eigenvalue weighted by Crippen LogP contribution is 2.29. The van der Waals surface area contributed by atoms with Crippen molar-refractivity contribution >= 4 is 28.5 Å². The van der Waals surface area contributed by atoms with Crippen LogP contribution in [0, 0.1) is 20.8 Å². The van der Waals surface area contributed by atoms with Crippen molar-refractivity contribution in [1.29, 1.82) is 0 Å². The van der Waals surface area contributed by atoms with Gasteiger partial charge in [-0.3, -0.25) is 4.79 Å². The highest BCUT2D eigenvalue weighted by Gasteiger charge is 2.22. The van der Waals surface area contributed by atoms with E-state index < -0.39 is 0 Å². The van der Waals surface area contributed by atoms with E-state index in [0.29, 0.717) is 10.8 Å². The molecule has 0 radical (unpaired) electrons. The van der Waals surface area contributed by atoms with E-state index in [1.165, 1.54) is 5.56 Å². The third-order valence-electron chi connectivity index (χ3n) is 5.20. The number of fused-ring (bicyclic) bond motifs is 1. The molecule has 0 bridgehead atoms. The average Bonchev–Trinajstić information content (AvgIpc) is 2.95. The van der Waals surface area contributed by atoms with Crippen molar-refractivity contribution in [2.45, 2.75) is 33.2 Å². The summed E-state index contributed by atoms with van der Waals surface area (Å²) in [6, 6.07) is 11.6. The fraction of sp³-hybridized carbons (Fsp3) is 0.348. The fourth-order valence-electron chi connectivity index (χ4n) is 3.32. The van der Waals surface area contributed by atoms with E-state index in [1.54, 1.807) is 0 Å². The first-order chi connectivity index (χ1) is 13.3.